The van der Waals surface area contributed by atoms with Gasteiger partial charge < -0.3 is 11.1 Å². The summed E-state index contributed by atoms with van der Waals surface area (Å²) in [4.78, 5) is 11.8. The Bertz CT molecular complexity index is 431. The fourth-order valence-electron chi connectivity index (χ4n) is 1.65. The van der Waals surface area contributed by atoms with Gasteiger partial charge in [-0.3, -0.25) is 4.79 Å². The Labute approximate surface area is 108 Å². The van der Waals surface area contributed by atoms with Crippen molar-refractivity contribution in [3.05, 3.63) is 29.8 Å². The molecule has 4 nitrogen and oxygen atoms in total. The van der Waals surface area contributed by atoms with Gasteiger partial charge in [-0.2, -0.15) is 5.26 Å². The Balaban J connectivity index is 2.57. The Morgan fingerprint density at radius 3 is 2.50 bits per heavy atom. The quantitative estimate of drug-likeness (QED) is 0.833. The monoisotopic (exact) mass is 245 g/mol. The van der Waals surface area contributed by atoms with E-state index in [1.54, 1.807) is 12.1 Å². The van der Waals surface area contributed by atoms with Crippen LogP contribution in [0.15, 0.2) is 24.3 Å². The lowest BCUT2D eigenvalue weighted by Crippen LogP contribution is -2.36. The number of nitriles is 1. The molecule has 0 aromatic heterocycles. The van der Waals surface area contributed by atoms with Crippen molar-refractivity contribution in [1.82, 2.24) is 0 Å². The third-order valence-corrected chi connectivity index (χ3v) is 2.57. The van der Waals surface area contributed by atoms with E-state index < -0.39 is 6.04 Å². The molecule has 0 heterocycles. The van der Waals surface area contributed by atoms with Crippen LogP contribution in [-0.4, -0.2) is 11.9 Å². The molecule has 0 fully saturated rings. The maximum absolute atomic E-state index is 11.8. The molecule has 1 aromatic rings. The van der Waals surface area contributed by atoms with Crippen LogP contribution in [0.3, 0.4) is 0 Å². The molecule has 0 aliphatic carbocycles. The Kier molecular flexibility index (Phi) is 5.34. The van der Waals surface area contributed by atoms with E-state index in [1.165, 1.54) is 0 Å². The van der Waals surface area contributed by atoms with Gasteiger partial charge >= 0.3 is 0 Å². The van der Waals surface area contributed by atoms with Gasteiger partial charge in [0.05, 0.1) is 18.5 Å². The maximum Gasteiger partial charge on any atom is 0.241 e. The summed E-state index contributed by atoms with van der Waals surface area (Å²) in [7, 11) is 0. The first-order chi connectivity index (χ1) is 8.52. The van der Waals surface area contributed by atoms with E-state index in [2.05, 4.69) is 11.4 Å². The lowest BCUT2D eigenvalue weighted by atomic mass is 10.0. The summed E-state index contributed by atoms with van der Waals surface area (Å²) in [6.45, 7) is 4.06. The number of carbonyl (C=O) groups is 1. The van der Waals surface area contributed by atoms with Crippen LogP contribution in [0.4, 0.5) is 5.69 Å². The number of hydrogen-bond acceptors (Lipinski definition) is 3. The van der Waals surface area contributed by atoms with Crippen molar-refractivity contribution in [3.8, 4) is 6.07 Å². The van der Waals surface area contributed by atoms with Crippen LogP contribution in [0.5, 0.6) is 0 Å². The van der Waals surface area contributed by atoms with E-state index in [0.717, 1.165) is 5.56 Å². The zero-order chi connectivity index (χ0) is 13.5. The summed E-state index contributed by atoms with van der Waals surface area (Å²) in [6.07, 6.45) is 1.04. The second kappa shape index (κ2) is 6.77. The molecule has 0 spiro atoms. The molecule has 1 amide bonds. The highest BCUT2D eigenvalue weighted by Gasteiger charge is 2.14. The van der Waals surface area contributed by atoms with Crippen LogP contribution >= 0.6 is 0 Å². The molecule has 0 bridgehead atoms. The number of anilines is 1. The van der Waals surface area contributed by atoms with Gasteiger partial charge in [-0.25, -0.2) is 0 Å². The number of rotatable bonds is 5. The molecule has 0 saturated heterocycles. The number of hydrogen-bond donors (Lipinski definition) is 2. The summed E-state index contributed by atoms with van der Waals surface area (Å²) < 4.78 is 0. The SMILES string of the molecule is CC(C)CC(N)C(=O)Nc1ccc(CC#N)cc1. The van der Waals surface area contributed by atoms with Gasteiger partial charge in [0.1, 0.15) is 0 Å². The first kappa shape index (κ1) is 14.2. The molecular weight excluding hydrogens is 226 g/mol. The van der Waals surface area contributed by atoms with E-state index >= 15 is 0 Å². The minimum absolute atomic E-state index is 0.170. The molecule has 1 atom stereocenters. The Morgan fingerprint density at radius 1 is 1.39 bits per heavy atom. The van der Waals surface area contributed by atoms with E-state index in [4.69, 9.17) is 11.0 Å². The van der Waals surface area contributed by atoms with E-state index in [9.17, 15) is 4.79 Å². The van der Waals surface area contributed by atoms with Crippen molar-refractivity contribution in [2.45, 2.75) is 32.7 Å². The van der Waals surface area contributed by atoms with Crippen molar-refractivity contribution < 1.29 is 4.79 Å². The van der Waals surface area contributed by atoms with E-state index in [0.29, 0.717) is 24.4 Å². The highest BCUT2D eigenvalue weighted by Crippen LogP contribution is 2.11. The van der Waals surface area contributed by atoms with E-state index in [-0.39, 0.29) is 5.91 Å². The second-order valence-electron chi connectivity index (χ2n) is 4.76. The number of carbonyl (C=O) groups excluding carboxylic acids is 1. The molecular formula is C14H19N3O. The molecule has 1 aromatic carbocycles. The van der Waals surface area contributed by atoms with Gasteiger partial charge in [-0.15, -0.1) is 0 Å². The smallest absolute Gasteiger partial charge is 0.241 e. The van der Waals surface area contributed by atoms with Crippen LogP contribution in [0.25, 0.3) is 0 Å². The second-order valence-corrected chi connectivity index (χ2v) is 4.76. The molecule has 0 radical (unpaired) electrons. The lowest BCUT2D eigenvalue weighted by Gasteiger charge is -2.14. The number of amides is 1. The number of benzene rings is 1. The normalized spacial score (nSPS) is 11.9. The molecule has 4 heteroatoms. The molecule has 18 heavy (non-hydrogen) atoms. The third-order valence-electron chi connectivity index (χ3n) is 2.57. The van der Waals surface area contributed by atoms with Crippen molar-refractivity contribution in [1.29, 1.82) is 5.26 Å². The molecule has 96 valence electrons. The highest BCUT2D eigenvalue weighted by atomic mass is 16.2. The molecule has 0 saturated carbocycles. The predicted octanol–water partition coefficient (Wildman–Crippen LogP) is 2.06. The number of nitrogens with two attached hydrogens (primary N) is 1. The van der Waals surface area contributed by atoms with Crippen LogP contribution in [0.2, 0.25) is 0 Å². The van der Waals surface area contributed by atoms with Crippen LogP contribution in [0, 0.1) is 17.2 Å². The van der Waals surface area contributed by atoms with Gasteiger partial charge in [0.15, 0.2) is 0 Å². The number of nitrogens with one attached hydrogen (secondary N) is 1. The van der Waals surface area contributed by atoms with Crippen LogP contribution in [-0.2, 0) is 11.2 Å². The van der Waals surface area contributed by atoms with Gasteiger partial charge in [0.2, 0.25) is 5.91 Å². The predicted molar refractivity (Wildman–Crippen MR) is 71.8 cm³/mol. The summed E-state index contributed by atoms with van der Waals surface area (Å²) in [5.41, 5.74) is 7.43. The van der Waals surface area contributed by atoms with Crippen molar-refractivity contribution in [3.63, 3.8) is 0 Å². The van der Waals surface area contributed by atoms with Crippen molar-refractivity contribution in [2.75, 3.05) is 5.32 Å². The maximum atomic E-state index is 11.8. The van der Waals surface area contributed by atoms with Gasteiger partial charge in [-0.1, -0.05) is 26.0 Å². The van der Waals surface area contributed by atoms with Crippen molar-refractivity contribution in [2.24, 2.45) is 11.7 Å². The molecule has 0 aliphatic rings. The fourth-order valence-corrected chi connectivity index (χ4v) is 1.65. The summed E-state index contributed by atoms with van der Waals surface area (Å²) in [5.74, 6) is 0.223. The average Bonchev–Trinajstić information content (AvgIpc) is 2.31. The summed E-state index contributed by atoms with van der Waals surface area (Å²) in [6, 6.07) is 8.82. The van der Waals surface area contributed by atoms with E-state index in [1.807, 2.05) is 26.0 Å². The van der Waals surface area contributed by atoms with Crippen LogP contribution in [0.1, 0.15) is 25.8 Å². The van der Waals surface area contributed by atoms with Gasteiger partial charge in [0, 0.05) is 5.69 Å². The minimum Gasteiger partial charge on any atom is -0.325 e. The zero-order valence-corrected chi connectivity index (χ0v) is 10.8. The Hall–Kier alpha value is -1.86. The average molecular weight is 245 g/mol. The highest BCUT2D eigenvalue weighted by molar-refractivity contribution is 5.94. The standard InChI is InChI=1S/C14H19N3O/c1-10(2)9-13(16)14(18)17-12-5-3-11(4-6-12)7-8-15/h3-6,10,13H,7,9,16H2,1-2H3,(H,17,18). The first-order valence-electron chi connectivity index (χ1n) is 6.05. The van der Waals surface area contributed by atoms with Crippen molar-refractivity contribution >= 4 is 11.6 Å². The summed E-state index contributed by atoms with van der Waals surface area (Å²) >= 11 is 0. The summed E-state index contributed by atoms with van der Waals surface area (Å²) in [5, 5.41) is 11.3. The molecule has 1 unspecified atom stereocenters. The first-order valence-corrected chi connectivity index (χ1v) is 6.05. The topological polar surface area (TPSA) is 78.9 Å². The molecule has 1 rings (SSSR count). The molecule has 3 N–H and O–H groups in total. The zero-order valence-electron chi connectivity index (χ0n) is 10.8. The van der Waals surface area contributed by atoms with Crippen LogP contribution < -0.4 is 11.1 Å². The largest absolute Gasteiger partial charge is 0.325 e. The number of nitrogens with zero attached hydrogens (tertiary/aromatic N) is 1. The third kappa shape index (κ3) is 4.56. The Morgan fingerprint density at radius 2 is 2.00 bits per heavy atom. The minimum atomic E-state index is -0.483. The van der Waals surface area contributed by atoms with Gasteiger partial charge in [0.25, 0.3) is 0 Å². The van der Waals surface area contributed by atoms with Gasteiger partial charge in [-0.05, 0) is 30.0 Å². The fraction of sp³-hybridized carbons (Fsp3) is 0.429. The molecule has 0 aliphatic heterocycles. The lowest BCUT2D eigenvalue weighted by molar-refractivity contribution is -0.117.